The molecule has 0 aromatic heterocycles. The first-order valence-corrected chi connectivity index (χ1v) is 11.7. The fraction of sp³-hybridized carbons (Fsp3) is 0.370. The van der Waals surface area contributed by atoms with E-state index >= 15 is 0 Å². The summed E-state index contributed by atoms with van der Waals surface area (Å²) in [6, 6.07) is 15.3. The molecule has 5 nitrogen and oxygen atoms in total. The molecule has 6 heteroatoms. The van der Waals surface area contributed by atoms with Crippen LogP contribution < -0.4 is 4.74 Å². The molecule has 0 spiro atoms. The number of carbonyl (C=O) groups excluding carboxylic acids is 2. The van der Waals surface area contributed by atoms with Crippen LogP contribution in [0.4, 0.5) is 0 Å². The first-order valence-electron chi connectivity index (χ1n) is 11.3. The van der Waals surface area contributed by atoms with Crippen LogP contribution in [0.3, 0.4) is 0 Å². The van der Waals surface area contributed by atoms with E-state index in [1.54, 1.807) is 0 Å². The second-order valence-electron chi connectivity index (χ2n) is 8.56. The number of Topliss-reactive ketones (excluding diaryl/α,β-unsaturated/α-hetero) is 1. The molecule has 4 rings (SSSR count). The Bertz CT molecular complexity index is 1120. The average molecular weight is 466 g/mol. The summed E-state index contributed by atoms with van der Waals surface area (Å²) < 4.78 is 11.1. The van der Waals surface area contributed by atoms with Gasteiger partial charge in [0.25, 0.3) is 0 Å². The van der Waals surface area contributed by atoms with Crippen LogP contribution in [0.25, 0.3) is 0 Å². The molecule has 1 heterocycles. The number of para-hydroxylation sites is 1. The third kappa shape index (κ3) is 4.60. The number of methoxy groups -OCH3 is 1. The van der Waals surface area contributed by atoms with Gasteiger partial charge in [-0.25, -0.2) is 4.79 Å². The van der Waals surface area contributed by atoms with Crippen molar-refractivity contribution >= 4 is 29.1 Å². The Labute approximate surface area is 199 Å². The number of ether oxygens (including phenoxy) is 2. The number of fused-ring (bicyclic) bond motifs is 1. The molecular formula is C27H28ClNO4. The van der Waals surface area contributed by atoms with Crippen molar-refractivity contribution in [1.29, 1.82) is 0 Å². The normalized spacial score (nSPS) is 22.5. The van der Waals surface area contributed by atoms with Crippen molar-refractivity contribution in [3.63, 3.8) is 0 Å². The largest absolute Gasteiger partial charge is 0.493 e. The van der Waals surface area contributed by atoms with Gasteiger partial charge in [-0.15, -0.1) is 0 Å². The van der Waals surface area contributed by atoms with Crippen LogP contribution in [0.5, 0.6) is 5.75 Å². The van der Waals surface area contributed by atoms with Crippen LogP contribution in [0.15, 0.2) is 64.8 Å². The molecule has 1 aliphatic heterocycles. The molecule has 0 bridgehead atoms. The lowest BCUT2D eigenvalue weighted by molar-refractivity contribution is -0.136. The van der Waals surface area contributed by atoms with Crippen LogP contribution in [0.1, 0.15) is 56.1 Å². The molecule has 2 aliphatic rings. The number of rotatable bonds is 6. The smallest absolute Gasteiger partial charge is 0.336 e. The number of esters is 1. The van der Waals surface area contributed by atoms with Crippen LogP contribution in [-0.4, -0.2) is 31.2 Å². The van der Waals surface area contributed by atoms with E-state index in [2.05, 4.69) is 0 Å². The Hall–Kier alpha value is -2.92. The summed E-state index contributed by atoms with van der Waals surface area (Å²) in [5.74, 6) is -0.673. The van der Waals surface area contributed by atoms with Crippen LogP contribution in [0.2, 0.25) is 5.02 Å². The standard InChI is InChI=1S/C27H28ClNO4/c1-4-13-33-23-8-6-5-7-20(23)25-24(27(31)32-3)16(2)29-21-14-18(15-22(30)26(21)25)17-9-11-19(28)12-10-17/h5-12,18,25-26H,4,13-15H2,1-3H3/t18-,25+,26?/m0/s1. The minimum atomic E-state index is -0.516. The molecule has 1 unspecified atom stereocenters. The molecule has 0 N–H and O–H groups in total. The number of benzene rings is 2. The van der Waals surface area contributed by atoms with Crippen molar-refractivity contribution < 1.29 is 19.1 Å². The molecule has 0 saturated heterocycles. The molecule has 1 aliphatic carbocycles. The van der Waals surface area contributed by atoms with E-state index in [9.17, 15) is 9.59 Å². The van der Waals surface area contributed by atoms with Crippen LogP contribution in [0, 0.1) is 5.92 Å². The maximum Gasteiger partial charge on any atom is 0.336 e. The van der Waals surface area contributed by atoms with Gasteiger partial charge in [0, 0.05) is 34.3 Å². The topological polar surface area (TPSA) is 65.0 Å². The summed E-state index contributed by atoms with van der Waals surface area (Å²) in [5.41, 5.74) is 3.72. The van der Waals surface area contributed by atoms with Crippen molar-refractivity contribution in [3.05, 3.63) is 76.0 Å². The quantitative estimate of drug-likeness (QED) is 0.500. The van der Waals surface area contributed by atoms with Gasteiger partial charge in [0.05, 0.1) is 25.2 Å². The second-order valence-corrected chi connectivity index (χ2v) is 8.99. The van der Waals surface area contributed by atoms with Gasteiger partial charge in [-0.2, -0.15) is 0 Å². The Morgan fingerprint density at radius 3 is 2.52 bits per heavy atom. The van der Waals surface area contributed by atoms with E-state index in [0.29, 0.717) is 41.5 Å². The number of aliphatic imine (C=N–C) groups is 1. The van der Waals surface area contributed by atoms with Gasteiger partial charge in [-0.1, -0.05) is 48.9 Å². The molecule has 172 valence electrons. The van der Waals surface area contributed by atoms with Gasteiger partial charge in [0.2, 0.25) is 0 Å². The van der Waals surface area contributed by atoms with Crippen molar-refractivity contribution in [2.75, 3.05) is 13.7 Å². The summed E-state index contributed by atoms with van der Waals surface area (Å²) in [4.78, 5) is 31.3. The monoisotopic (exact) mass is 465 g/mol. The van der Waals surface area contributed by atoms with Gasteiger partial charge >= 0.3 is 5.97 Å². The number of nitrogens with zero attached hydrogens (tertiary/aromatic N) is 1. The van der Waals surface area contributed by atoms with Crippen LogP contribution >= 0.6 is 11.6 Å². The van der Waals surface area contributed by atoms with Gasteiger partial charge in [-0.05, 0) is 49.4 Å². The Kier molecular flexibility index (Phi) is 6.99. The highest BCUT2D eigenvalue weighted by atomic mass is 35.5. The number of hydrogen-bond donors (Lipinski definition) is 0. The summed E-state index contributed by atoms with van der Waals surface area (Å²) >= 11 is 6.05. The van der Waals surface area contributed by atoms with Gasteiger partial charge in [0.1, 0.15) is 11.5 Å². The molecule has 2 aromatic carbocycles. The highest BCUT2D eigenvalue weighted by Gasteiger charge is 2.46. The number of carbonyl (C=O) groups is 2. The minimum Gasteiger partial charge on any atom is -0.493 e. The summed E-state index contributed by atoms with van der Waals surface area (Å²) in [5, 5.41) is 0.666. The zero-order chi connectivity index (χ0) is 23.5. The molecular weight excluding hydrogens is 438 g/mol. The fourth-order valence-corrected chi connectivity index (χ4v) is 5.07. The molecule has 1 saturated carbocycles. The third-order valence-electron chi connectivity index (χ3n) is 6.42. The van der Waals surface area contributed by atoms with Crippen molar-refractivity contribution in [2.24, 2.45) is 10.9 Å². The van der Waals surface area contributed by atoms with Crippen molar-refractivity contribution in [3.8, 4) is 5.75 Å². The lowest BCUT2D eigenvalue weighted by Gasteiger charge is -2.38. The lowest BCUT2D eigenvalue weighted by atomic mass is 9.66. The summed E-state index contributed by atoms with van der Waals surface area (Å²) in [6.07, 6.45) is 1.89. The molecule has 3 atom stereocenters. The Balaban J connectivity index is 1.79. The SMILES string of the molecule is CCCOc1ccccc1[C@@H]1C(C(=O)OC)=C(C)N=C2C[C@H](c3ccc(Cl)cc3)CC(=O)C21. The summed E-state index contributed by atoms with van der Waals surface area (Å²) in [6.45, 7) is 4.41. The maximum atomic E-state index is 13.6. The third-order valence-corrected chi connectivity index (χ3v) is 6.67. The van der Waals surface area contributed by atoms with E-state index in [1.807, 2.05) is 62.4 Å². The van der Waals surface area contributed by atoms with Gasteiger partial charge < -0.3 is 9.47 Å². The summed E-state index contributed by atoms with van der Waals surface area (Å²) in [7, 11) is 1.36. The van der Waals surface area contributed by atoms with Gasteiger partial charge in [0.15, 0.2) is 0 Å². The number of ketones is 1. The molecule has 0 amide bonds. The van der Waals surface area contributed by atoms with Crippen molar-refractivity contribution in [2.45, 2.75) is 44.9 Å². The molecule has 0 radical (unpaired) electrons. The van der Waals surface area contributed by atoms with E-state index in [4.69, 9.17) is 26.1 Å². The maximum absolute atomic E-state index is 13.6. The lowest BCUT2D eigenvalue weighted by Crippen LogP contribution is -2.41. The molecule has 2 aromatic rings. The number of halogens is 1. The molecule has 1 fully saturated rings. The zero-order valence-corrected chi connectivity index (χ0v) is 19.9. The first-order chi connectivity index (χ1) is 15.9. The fourth-order valence-electron chi connectivity index (χ4n) is 4.94. The first kappa shape index (κ1) is 23.2. The van der Waals surface area contributed by atoms with Crippen molar-refractivity contribution in [1.82, 2.24) is 0 Å². The Morgan fingerprint density at radius 1 is 1.09 bits per heavy atom. The minimum absolute atomic E-state index is 0.0319. The number of allylic oxidation sites excluding steroid dienone is 1. The van der Waals surface area contributed by atoms with E-state index < -0.39 is 17.8 Å². The highest BCUT2D eigenvalue weighted by Crippen LogP contribution is 2.48. The average Bonchev–Trinajstić information content (AvgIpc) is 2.82. The Morgan fingerprint density at radius 2 is 1.82 bits per heavy atom. The van der Waals surface area contributed by atoms with Crippen LogP contribution in [-0.2, 0) is 14.3 Å². The molecule has 33 heavy (non-hydrogen) atoms. The van der Waals surface area contributed by atoms with Gasteiger partial charge in [-0.3, -0.25) is 9.79 Å². The van der Waals surface area contributed by atoms with E-state index in [0.717, 1.165) is 23.3 Å². The van der Waals surface area contributed by atoms with E-state index in [-0.39, 0.29) is 11.7 Å². The number of hydrogen-bond acceptors (Lipinski definition) is 5. The predicted octanol–water partition coefficient (Wildman–Crippen LogP) is 5.88. The zero-order valence-electron chi connectivity index (χ0n) is 19.1. The highest BCUT2D eigenvalue weighted by molar-refractivity contribution is 6.30. The predicted molar refractivity (Wildman–Crippen MR) is 129 cm³/mol. The van der Waals surface area contributed by atoms with E-state index in [1.165, 1.54) is 7.11 Å². The second kappa shape index (κ2) is 9.92.